The minimum atomic E-state index is -4.70. The van der Waals surface area contributed by atoms with Crippen LogP contribution in [0.5, 0.6) is 0 Å². The number of unbranched alkanes of at least 4 members (excludes halogenated alkanes) is 37. The van der Waals surface area contributed by atoms with Gasteiger partial charge in [0.05, 0.1) is 33.8 Å². The molecular formula is C66H125N2O7P. The van der Waals surface area contributed by atoms with Crippen molar-refractivity contribution in [1.29, 1.82) is 0 Å². The van der Waals surface area contributed by atoms with E-state index in [1.807, 2.05) is 33.3 Å². The number of esters is 1. The number of carbonyl (C=O) groups excluding carboxylic acids is 2. The van der Waals surface area contributed by atoms with Gasteiger partial charge >= 0.3 is 5.97 Å². The average Bonchev–Trinajstić information content (AvgIpc) is 3.38. The largest absolute Gasteiger partial charge is 0.756 e. The Balaban J connectivity index is 5.17. The molecule has 0 aliphatic carbocycles. The lowest BCUT2D eigenvalue weighted by Gasteiger charge is -2.30. The number of nitrogens with zero attached hydrogens (tertiary/aromatic N) is 1. The number of nitrogens with one attached hydrogen (secondary N) is 1. The molecule has 0 radical (unpaired) electrons. The number of phosphoric acid groups is 1. The second-order valence-electron chi connectivity index (χ2n) is 23.3. The van der Waals surface area contributed by atoms with Crippen molar-refractivity contribution in [3.63, 3.8) is 0 Å². The lowest BCUT2D eigenvalue weighted by atomic mass is 10.0. The highest BCUT2D eigenvalue weighted by molar-refractivity contribution is 7.45. The number of carbonyl (C=O) groups is 2. The van der Waals surface area contributed by atoms with Crippen LogP contribution < -0.4 is 10.2 Å². The van der Waals surface area contributed by atoms with Gasteiger partial charge in [-0.25, -0.2) is 0 Å². The number of quaternary nitrogens is 1. The molecule has 0 aromatic carbocycles. The summed E-state index contributed by atoms with van der Waals surface area (Å²) in [6, 6.07) is -0.893. The van der Waals surface area contributed by atoms with Crippen molar-refractivity contribution in [1.82, 2.24) is 5.32 Å². The zero-order chi connectivity index (χ0) is 55.7. The van der Waals surface area contributed by atoms with Crippen molar-refractivity contribution in [2.24, 2.45) is 0 Å². The van der Waals surface area contributed by atoms with Gasteiger partial charge < -0.3 is 28.5 Å². The van der Waals surface area contributed by atoms with Crippen LogP contribution >= 0.6 is 7.82 Å². The summed E-state index contributed by atoms with van der Waals surface area (Å²) in [6.07, 6.45) is 69.3. The van der Waals surface area contributed by atoms with E-state index in [0.29, 0.717) is 23.9 Å². The number of amides is 1. The predicted octanol–water partition coefficient (Wildman–Crippen LogP) is 19.4. The molecule has 0 aromatic rings. The molecule has 0 saturated carbocycles. The van der Waals surface area contributed by atoms with Crippen molar-refractivity contribution in [3.05, 3.63) is 48.6 Å². The molecule has 0 heterocycles. The Morgan fingerprint density at radius 3 is 1.24 bits per heavy atom. The third-order valence-corrected chi connectivity index (χ3v) is 15.4. The molecule has 0 aliphatic rings. The Hall–Kier alpha value is -2.03. The van der Waals surface area contributed by atoms with E-state index in [4.69, 9.17) is 13.8 Å². The molecular weight excluding hydrogens is 964 g/mol. The van der Waals surface area contributed by atoms with E-state index in [2.05, 4.69) is 62.5 Å². The van der Waals surface area contributed by atoms with Gasteiger partial charge in [-0.15, -0.1) is 0 Å². The molecule has 1 N–H and O–H groups in total. The van der Waals surface area contributed by atoms with Crippen molar-refractivity contribution < 1.29 is 37.3 Å². The summed E-state index contributed by atoms with van der Waals surface area (Å²) < 4.78 is 30.3. The number of ether oxygens (including phenoxy) is 1. The number of hydrogen-bond donors (Lipinski definition) is 1. The van der Waals surface area contributed by atoms with Gasteiger partial charge in [-0.1, -0.05) is 256 Å². The van der Waals surface area contributed by atoms with Crippen LogP contribution in [0.15, 0.2) is 48.6 Å². The lowest BCUT2D eigenvalue weighted by molar-refractivity contribution is -0.870. The zero-order valence-corrected chi connectivity index (χ0v) is 51.9. The van der Waals surface area contributed by atoms with Gasteiger partial charge in [0.15, 0.2) is 0 Å². The number of allylic oxidation sites excluding steroid dienone is 7. The van der Waals surface area contributed by atoms with Crippen LogP contribution in [0.2, 0.25) is 0 Å². The number of rotatable bonds is 59. The molecule has 0 fully saturated rings. The minimum Gasteiger partial charge on any atom is -0.756 e. The number of hydrogen-bond acceptors (Lipinski definition) is 7. The highest BCUT2D eigenvalue weighted by atomic mass is 31.2. The van der Waals surface area contributed by atoms with Crippen LogP contribution in [0.25, 0.3) is 0 Å². The molecule has 446 valence electrons. The topological polar surface area (TPSA) is 114 Å². The maximum absolute atomic E-state index is 13.6. The second kappa shape index (κ2) is 56.3. The molecule has 0 spiro atoms. The summed E-state index contributed by atoms with van der Waals surface area (Å²) in [5.74, 6) is -0.550. The van der Waals surface area contributed by atoms with E-state index in [0.717, 1.165) is 70.6 Å². The van der Waals surface area contributed by atoms with Crippen LogP contribution in [0.3, 0.4) is 0 Å². The minimum absolute atomic E-state index is 0.0237. The van der Waals surface area contributed by atoms with E-state index in [9.17, 15) is 19.0 Å². The molecule has 0 bridgehead atoms. The fourth-order valence-electron chi connectivity index (χ4n) is 9.43. The molecule has 3 atom stereocenters. The summed E-state index contributed by atoms with van der Waals surface area (Å²) >= 11 is 0. The van der Waals surface area contributed by atoms with Gasteiger partial charge in [0.1, 0.15) is 19.3 Å². The Morgan fingerprint density at radius 2 is 0.803 bits per heavy atom. The van der Waals surface area contributed by atoms with E-state index in [1.165, 1.54) is 199 Å². The van der Waals surface area contributed by atoms with Crippen LogP contribution in [-0.4, -0.2) is 69.4 Å². The van der Waals surface area contributed by atoms with E-state index in [-0.39, 0.29) is 24.9 Å². The van der Waals surface area contributed by atoms with E-state index >= 15 is 0 Å². The first-order chi connectivity index (χ1) is 36.9. The molecule has 0 aliphatic heterocycles. The highest BCUT2D eigenvalue weighted by Crippen LogP contribution is 2.38. The fraction of sp³-hybridized carbons (Fsp3) is 0.848. The molecule has 0 saturated heterocycles. The maximum atomic E-state index is 13.6. The van der Waals surface area contributed by atoms with Crippen LogP contribution in [0.4, 0.5) is 0 Å². The Labute approximate surface area is 471 Å². The zero-order valence-electron chi connectivity index (χ0n) is 51.0. The maximum Gasteiger partial charge on any atom is 0.306 e. The molecule has 0 aromatic heterocycles. The summed E-state index contributed by atoms with van der Waals surface area (Å²) in [5, 5.41) is 3.03. The van der Waals surface area contributed by atoms with Crippen molar-refractivity contribution >= 4 is 19.7 Å². The lowest BCUT2D eigenvalue weighted by Crippen LogP contribution is -2.47. The first-order valence-electron chi connectivity index (χ1n) is 32.4. The number of phosphoric ester groups is 1. The molecule has 1 amide bonds. The van der Waals surface area contributed by atoms with Crippen LogP contribution in [-0.2, 0) is 27.9 Å². The quantitative estimate of drug-likeness (QED) is 0.0212. The van der Waals surface area contributed by atoms with Gasteiger partial charge in [-0.05, 0) is 89.5 Å². The first kappa shape index (κ1) is 74.0. The Bertz CT molecular complexity index is 1440. The van der Waals surface area contributed by atoms with Gasteiger partial charge in [0.2, 0.25) is 5.91 Å². The third kappa shape index (κ3) is 56.7. The van der Waals surface area contributed by atoms with Crippen molar-refractivity contribution in [2.75, 3.05) is 40.9 Å². The molecule has 0 rings (SSSR count). The first-order valence-corrected chi connectivity index (χ1v) is 33.9. The smallest absolute Gasteiger partial charge is 0.306 e. The normalized spacial score (nSPS) is 13.9. The summed E-state index contributed by atoms with van der Waals surface area (Å²) in [7, 11) is 1.18. The summed E-state index contributed by atoms with van der Waals surface area (Å²) in [5.41, 5.74) is 0. The van der Waals surface area contributed by atoms with Gasteiger partial charge in [0, 0.05) is 12.8 Å². The summed E-state index contributed by atoms with van der Waals surface area (Å²) in [4.78, 5) is 40.0. The highest BCUT2D eigenvalue weighted by Gasteiger charge is 2.27. The molecule has 76 heavy (non-hydrogen) atoms. The van der Waals surface area contributed by atoms with E-state index < -0.39 is 26.6 Å². The standard InChI is InChI=1S/C66H125N2O7P/c1-7-10-13-16-19-22-25-28-30-31-32-33-34-35-36-37-38-40-43-46-49-52-55-58-65(69)67-63(62-74-76(71,72)73-61-60-68(4,5)6)64(57-54-51-48-45-42-39-27-24-21-18-15-12-9-3)75-66(70)59-56-53-50-47-44-41-29-26-23-20-17-14-11-8-2/h19,22,28,30,41,44,54,57,63-64H,7-18,20-21,23-27,29,31-40,42-43,45-53,55-56,58-62H2,1-6H3,(H-,67,69,71,72)/b22-19-,30-28-,44-41-,57-54-. The third-order valence-electron chi connectivity index (χ3n) is 14.5. The van der Waals surface area contributed by atoms with Gasteiger partial charge in [-0.2, -0.15) is 0 Å². The monoisotopic (exact) mass is 1090 g/mol. The molecule has 3 unspecified atom stereocenters. The van der Waals surface area contributed by atoms with E-state index in [1.54, 1.807) is 0 Å². The van der Waals surface area contributed by atoms with Crippen LogP contribution in [0.1, 0.15) is 310 Å². The predicted molar refractivity (Wildman–Crippen MR) is 326 cm³/mol. The van der Waals surface area contributed by atoms with Gasteiger partial charge in [-0.3, -0.25) is 14.2 Å². The molecule has 9 nitrogen and oxygen atoms in total. The molecule has 10 heteroatoms. The average molecular weight is 1090 g/mol. The number of likely N-dealkylation sites (N-methyl/N-ethyl adjacent to an activating group) is 1. The second-order valence-corrected chi connectivity index (χ2v) is 24.7. The SMILES string of the molecule is CCCCC/C=C\C/C=C\CCCCCCCCCCCCCCCC(=O)NC(COP(=O)([O-])OCC[N+](C)(C)C)C(/C=C\CCCCCCCCCCCCC)OC(=O)CCCCC/C=C\CCCCCCCCC. The van der Waals surface area contributed by atoms with Gasteiger partial charge in [0.25, 0.3) is 7.82 Å². The Morgan fingerprint density at radius 1 is 0.461 bits per heavy atom. The fourth-order valence-corrected chi connectivity index (χ4v) is 10.2. The summed E-state index contributed by atoms with van der Waals surface area (Å²) in [6.45, 7) is 6.83. The Kier molecular flexibility index (Phi) is 54.7. The van der Waals surface area contributed by atoms with Crippen molar-refractivity contribution in [2.45, 2.75) is 322 Å². The van der Waals surface area contributed by atoms with Crippen molar-refractivity contribution in [3.8, 4) is 0 Å². The van der Waals surface area contributed by atoms with Crippen LogP contribution in [0, 0.1) is 0 Å².